The van der Waals surface area contributed by atoms with Gasteiger partial charge in [-0.2, -0.15) is 0 Å². The third-order valence-corrected chi connectivity index (χ3v) is 2.24. The number of carbonyl (C=O) groups excluding carboxylic acids is 1. The van der Waals surface area contributed by atoms with Crippen LogP contribution in [0.25, 0.3) is 0 Å². The van der Waals surface area contributed by atoms with E-state index in [-0.39, 0.29) is 11.7 Å². The van der Waals surface area contributed by atoms with Crippen LogP contribution in [-0.2, 0) is 16.1 Å². The molecule has 1 fully saturated rings. The number of hydrogen-bond acceptors (Lipinski definition) is 2. The van der Waals surface area contributed by atoms with Crippen molar-refractivity contribution >= 4 is 17.0 Å². The van der Waals surface area contributed by atoms with E-state index in [2.05, 4.69) is 4.72 Å². The fourth-order valence-corrected chi connectivity index (χ4v) is 1.35. The molecule has 1 saturated carbocycles. The minimum atomic E-state index is -2.08. The van der Waals surface area contributed by atoms with Crippen LogP contribution >= 0.6 is 0 Å². The molecule has 0 aliphatic heterocycles. The first-order chi connectivity index (χ1) is 5.11. The molecule has 4 nitrogen and oxygen atoms in total. The molecule has 0 spiro atoms. The van der Waals surface area contributed by atoms with Crippen molar-refractivity contribution in [1.82, 2.24) is 4.72 Å². The normalized spacial score (nSPS) is 22.7. The molecule has 5 heteroatoms. The number of rotatable bonds is 4. The Balaban J connectivity index is 2.33. The van der Waals surface area contributed by atoms with Crippen LogP contribution in [0, 0.1) is 5.92 Å². The zero-order valence-corrected chi connectivity index (χ0v) is 7.06. The van der Waals surface area contributed by atoms with Gasteiger partial charge in [0, 0.05) is 5.92 Å². The monoisotopic (exact) mass is 177 g/mol. The van der Waals surface area contributed by atoms with E-state index in [0.717, 1.165) is 12.8 Å². The number of Topliss-reactive ketones (excluding diaryl/α,β-unsaturated/α-hetero) is 1. The van der Waals surface area contributed by atoms with Gasteiger partial charge in [-0.15, -0.1) is 0 Å². The zero-order valence-electron chi connectivity index (χ0n) is 6.24. The number of ketones is 1. The molecule has 64 valence electrons. The van der Waals surface area contributed by atoms with Crippen molar-refractivity contribution in [2.75, 3.05) is 0 Å². The number of nitrogens with one attached hydrogen (secondary N) is 1. The summed E-state index contributed by atoms with van der Waals surface area (Å²) in [7, 11) is 0. The van der Waals surface area contributed by atoms with E-state index in [9.17, 15) is 9.00 Å². The van der Waals surface area contributed by atoms with Gasteiger partial charge < -0.3 is 0 Å². The molecule has 2 atom stereocenters. The lowest BCUT2D eigenvalue weighted by Gasteiger charge is -2.07. The summed E-state index contributed by atoms with van der Waals surface area (Å²) < 4.78 is 20.8. The van der Waals surface area contributed by atoms with Crippen molar-refractivity contribution in [3.63, 3.8) is 0 Å². The summed E-state index contributed by atoms with van der Waals surface area (Å²) in [5.41, 5.74) is 0. The van der Waals surface area contributed by atoms with Gasteiger partial charge in [0.25, 0.3) is 0 Å². The van der Waals surface area contributed by atoms with Crippen LogP contribution in [0.15, 0.2) is 0 Å². The molecular weight excluding hydrogens is 166 g/mol. The Morgan fingerprint density at radius 2 is 2.27 bits per heavy atom. The second-order valence-electron chi connectivity index (χ2n) is 2.77. The Labute approximate surface area is 67.8 Å². The standard InChI is InChI=1S/C6H11NO3S/c1-4(7-11(9)10)6(8)5-2-3-5/h4-5,7H,2-3H2,1H3,(H,9,10)/t4-/m0/s1. The van der Waals surface area contributed by atoms with Crippen molar-refractivity contribution in [2.45, 2.75) is 25.8 Å². The Hall–Kier alpha value is -0.260. The maximum absolute atomic E-state index is 11.1. The molecule has 0 amide bonds. The zero-order chi connectivity index (χ0) is 8.43. The van der Waals surface area contributed by atoms with Gasteiger partial charge in [0.15, 0.2) is 5.78 Å². The number of hydrogen-bond donors (Lipinski definition) is 2. The Morgan fingerprint density at radius 3 is 2.64 bits per heavy atom. The van der Waals surface area contributed by atoms with E-state index in [0.29, 0.717) is 0 Å². The van der Waals surface area contributed by atoms with Crippen molar-refractivity contribution in [1.29, 1.82) is 0 Å². The molecule has 0 saturated heterocycles. The first-order valence-corrected chi connectivity index (χ1v) is 4.62. The first kappa shape index (κ1) is 8.83. The molecule has 0 bridgehead atoms. The molecule has 0 aromatic heterocycles. The molecular formula is C6H11NO3S. The third-order valence-electron chi connectivity index (χ3n) is 1.68. The van der Waals surface area contributed by atoms with E-state index in [1.54, 1.807) is 6.92 Å². The van der Waals surface area contributed by atoms with Gasteiger partial charge >= 0.3 is 0 Å². The van der Waals surface area contributed by atoms with Gasteiger partial charge in [-0.05, 0) is 19.8 Å². The van der Waals surface area contributed by atoms with Gasteiger partial charge in [0.05, 0.1) is 6.04 Å². The first-order valence-electron chi connectivity index (χ1n) is 3.52. The predicted molar refractivity (Wildman–Crippen MR) is 41.1 cm³/mol. The fourth-order valence-electron chi connectivity index (χ4n) is 0.931. The second kappa shape index (κ2) is 3.42. The molecule has 1 unspecified atom stereocenters. The minimum Gasteiger partial charge on any atom is -0.298 e. The summed E-state index contributed by atoms with van der Waals surface area (Å²) in [6.07, 6.45) is 1.87. The molecule has 0 aromatic carbocycles. The highest BCUT2D eigenvalue weighted by Gasteiger charge is 2.33. The maximum atomic E-state index is 11.1. The van der Waals surface area contributed by atoms with Gasteiger partial charge in [-0.3, -0.25) is 9.35 Å². The lowest BCUT2D eigenvalue weighted by atomic mass is 10.1. The lowest BCUT2D eigenvalue weighted by molar-refractivity contribution is -0.121. The van der Waals surface area contributed by atoms with Gasteiger partial charge in [-0.1, -0.05) is 0 Å². The molecule has 0 aromatic rings. The summed E-state index contributed by atoms with van der Waals surface area (Å²) in [6.45, 7) is 1.61. The Bertz CT molecular complexity index is 190. The smallest absolute Gasteiger partial charge is 0.232 e. The molecule has 1 aliphatic carbocycles. The van der Waals surface area contributed by atoms with Crippen LogP contribution < -0.4 is 4.72 Å². The van der Waals surface area contributed by atoms with E-state index in [1.807, 2.05) is 0 Å². The quantitative estimate of drug-likeness (QED) is 0.598. The van der Waals surface area contributed by atoms with Crippen LogP contribution in [0.3, 0.4) is 0 Å². The second-order valence-corrected chi connectivity index (χ2v) is 3.50. The summed E-state index contributed by atoms with van der Waals surface area (Å²) in [5, 5.41) is 0. The summed E-state index contributed by atoms with van der Waals surface area (Å²) in [6, 6.07) is -0.492. The van der Waals surface area contributed by atoms with E-state index >= 15 is 0 Å². The highest BCUT2D eigenvalue weighted by Crippen LogP contribution is 2.30. The maximum Gasteiger partial charge on any atom is 0.232 e. The Kier molecular flexibility index (Phi) is 2.75. The van der Waals surface area contributed by atoms with E-state index < -0.39 is 17.3 Å². The average molecular weight is 177 g/mol. The van der Waals surface area contributed by atoms with E-state index in [1.165, 1.54) is 0 Å². The van der Waals surface area contributed by atoms with Crippen molar-refractivity contribution in [3.8, 4) is 0 Å². The Morgan fingerprint density at radius 1 is 1.73 bits per heavy atom. The highest BCUT2D eigenvalue weighted by atomic mass is 32.2. The van der Waals surface area contributed by atoms with E-state index in [4.69, 9.17) is 4.55 Å². The summed E-state index contributed by atoms with van der Waals surface area (Å²) in [4.78, 5) is 11.1. The van der Waals surface area contributed by atoms with Gasteiger partial charge in [0.2, 0.25) is 11.3 Å². The molecule has 11 heavy (non-hydrogen) atoms. The number of carbonyl (C=O) groups is 1. The van der Waals surface area contributed by atoms with Crippen molar-refractivity contribution < 1.29 is 13.6 Å². The fraction of sp³-hybridized carbons (Fsp3) is 0.833. The summed E-state index contributed by atoms with van der Waals surface area (Å²) in [5.74, 6) is 0.188. The molecule has 0 heterocycles. The van der Waals surface area contributed by atoms with Crippen molar-refractivity contribution in [2.24, 2.45) is 5.92 Å². The van der Waals surface area contributed by atoms with Crippen LogP contribution in [0.4, 0.5) is 0 Å². The molecule has 1 aliphatic rings. The molecule has 2 N–H and O–H groups in total. The predicted octanol–water partition coefficient (Wildman–Crippen LogP) is 0.0803. The largest absolute Gasteiger partial charge is 0.298 e. The van der Waals surface area contributed by atoms with Crippen LogP contribution in [-0.4, -0.2) is 20.6 Å². The van der Waals surface area contributed by atoms with Gasteiger partial charge in [-0.25, -0.2) is 8.93 Å². The van der Waals surface area contributed by atoms with Crippen LogP contribution in [0.2, 0.25) is 0 Å². The lowest BCUT2D eigenvalue weighted by Crippen LogP contribution is -2.35. The molecule has 1 rings (SSSR count). The molecule has 0 radical (unpaired) electrons. The average Bonchev–Trinajstić information content (AvgIpc) is 2.65. The van der Waals surface area contributed by atoms with Crippen LogP contribution in [0.1, 0.15) is 19.8 Å². The summed E-state index contributed by atoms with van der Waals surface area (Å²) >= 11 is -2.08. The minimum absolute atomic E-state index is 0.0485. The topological polar surface area (TPSA) is 66.4 Å². The van der Waals surface area contributed by atoms with Crippen molar-refractivity contribution in [3.05, 3.63) is 0 Å². The van der Waals surface area contributed by atoms with Crippen LogP contribution in [0.5, 0.6) is 0 Å². The van der Waals surface area contributed by atoms with Gasteiger partial charge in [0.1, 0.15) is 0 Å². The third kappa shape index (κ3) is 2.69. The highest BCUT2D eigenvalue weighted by molar-refractivity contribution is 7.77. The SMILES string of the molecule is C[C@H](NS(=O)O)C(=O)C1CC1.